The van der Waals surface area contributed by atoms with Gasteiger partial charge in [0.15, 0.2) is 12.4 Å². The number of furan rings is 1. The molecule has 1 saturated heterocycles. The number of aliphatic hydroxyl groups is 3. The Bertz CT molecular complexity index is 1610. The molecule has 0 aliphatic carbocycles. The van der Waals surface area contributed by atoms with E-state index < -0.39 is 48.9 Å². The fourth-order valence-electron chi connectivity index (χ4n) is 5.25. The summed E-state index contributed by atoms with van der Waals surface area (Å²) in [4.78, 5) is 11.8. The Morgan fingerprint density at radius 3 is 2.15 bits per heavy atom. The van der Waals surface area contributed by atoms with Crippen LogP contribution in [0.5, 0.6) is 11.5 Å². The van der Waals surface area contributed by atoms with Crippen molar-refractivity contribution in [3.05, 3.63) is 70.4 Å². The molecule has 14 heteroatoms. The molecule has 0 saturated carbocycles. The van der Waals surface area contributed by atoms with Crippen LogP contribution in [-0.4, -0.2) is 88.1 Å². The van der Waals surface area contributed by atoms with Gasteiger partial charge in [-0.25, -0.2) is 4.79 Å². The first kappa shape index (κ1) is 33.5. The van der Waals surface area contributed by atoms with Gasteiger partial charge in [0.2, 0.25) is 0 Å². The van der Waals surface area contributed by atoms with E-state index in [0.29, 0.717) is 28.4 Å². The van der Waals surface area contributed by atoms with Crippen LogP contribution < -0.4 is 9.47 Å². The van der Waals surface area contributed by atoms with Crippen LogP contribution in [0.4, 0.5) is 0 Å². The van der Waals surface area contributed by atoms with E-state index in [4.69, 9.17) is 28.1 Å². The molecule has 7 atom stereocenters. The number of carboxylic acid groups (broad SMARTS) is 1. The maximum Gasteiger partial charge on any atom is 0.335 e. The molecule has 3 heterocycles. The van der Waals surface area contributed by atoms with Gasteiger partial charge in [-0.1, -0.05) is 35.6 Å². The fourth-order valence-corrected chi connectivity index (χ4v) is 5.95. The maximum atomic E-state index is 11.8. The number of aryl methyl sites for hydroxylation is 1. The Hall–Kier alpha value is -3.89. The first-order chi connectivity index (χ1) is 22.1. The normalized spacial score (nSPS) is 22.7. The first-order valence-corrected chi connectivity index (χ1v) is 15.3. The molecule has 2 unspecified atom stereocenters. The largest absolute Gasteiger partial charge is 0.496 e. The van der Waals surface area contributed by atoms with E-state index in [2.05, 4.69) is 10.2 Å². The molecule has 13 nitrogen and oxygen atoms in total. The van der Waals surface area contributed by atoms with E-state index in [1.807, 2.05) is 38.1 Å². The van der Waals surface area contributed by atoms with E-state index in [-0.39, 0.29) is 12.4 Å². The van der Waals surface area contributed by atoms with Gasteiger partial charge in [0.25, 0.3) is 0 Å². The lowest BCUT2D eigenvalue weighted by molar-refractivity contribution is -0.314. The Balaban J connectivity index is 1.56. The number of hydrogen-bond acceptors (Lipinski definition) is 13. The molecule has 1 aliphatic rings. The van der Waals surface area contributed by atoms with Crippen molar-refractivity contribution >= 4 is 17.3 Å². The van der Waals surface area contributed by atoms with E-state index in [1.165, 1.54) is 11.3 Å². The zero-order valence-corrected chi connectivity index (χ0v) is 26.6. The molecule has 4 aromatic rings. The molecule has 0 radical (unpaired) electrons. The summed E-state index contributed by atoms with van der Waals surface area (Å²) in [6.45, 7) is 5.78. The minimum absolute atomic E-state index is 0.245. The van der Waals surface area contributed by atoms with Crippen LogP contribution >= 0.6 is 11.3 Å². The van der Waals surface area contributed by atoms with Crippen LogP contribution in [0.2, 0.25) is 0 Å². The summed E-state index contributed by atoms with van der Waals surface area (Å²) in [7, 11) is 3.11. The van der Waals surface area contributed by atoms with Crippen molar-refractivity contribution in [1.82, 2.24) is 10.2 Å². The molecule has 0 bridgehead atoms. The molecular weight excluding hydrogens is 620 g/mol. The van der Waals surface area contributed by atoms with Gasteiger partial charge in [0.1, 0.15) is 63.6 Å². The molecule has 2 aromatic heterocycles. The van der Waals surface area contributed by atoms with Crippen molar-refractivity contribution in [1.29, 1.82) is 0 Å². The van der Waals surface area contributed by atoms with E-state index in [1.54, 1.807) is 45.4 Å². The second kappa shape index (κ2) is 14.3. The second-order valence-corrected chi connectivity index (χ2v) is 11.8. The van der Waals surface area contributed by atoms with Gasteiger partial charge in [-0.2, -0.15) is 0 Å². The van der Waals surface area contributed by atoms with Crippen molar-refractivity contribution in [2.24, 2.45) is 0 Å². The number of nitrogens with zero attached hydrogens (tertiary/aromatic N) is 2. The molecule has 4 N–H and O–H groups in total. The van der Waals surface area contributed by atoms with Crippen molar-refractivity contribution in [3.8, 4) is 33.4 Å². The molecule has 0 amide bonds. The number of aliphatic hydroxyl groups excluding tert-OH is 3. The van der Waals surface area contributed by atoms with Gasteiger partial charge in [0, 0.05) is 23.3 Å². The van der Waals surface area contributed by atoms with Crippen LogP contribution in [-0.2, 0) is 19.0 Å². The van der Waals surface area contributed by atoms with Crippen molar-refractivity contribution in [2.45, 2.75) is 63.7 Å². The lowest BCUT2D eigenvalue weighted by Crippen LogP contribution is -2.60. The lowest BCUT2D eigenvalue weighted by Gasteiger charge is -2.40. The molecule has 2 aromatic carbocycles. The van der Waals surface area contributed by atoms with E-state index in [9.17, 15) is 25.2 Å². The van der Waals surface area contributed by atoms with Crippen molar-refractivity contribution in [2.75, 3.05) is 20.8 Å². The molecule has 1 aliphatic heterocycles. The third-order valence-electron chi connectivity index (χ3n) is 7.67. The number of ether oxygens (including phenoxy) is 5. The third-order valence-corrected chi connectivity index (χ3v) is 8.56. The number of methoxy groups -OCH3 is 2. The maximum absolute atomic E-state index is 11.8. The molecule has 246 valence electrons. The summed E-state index contributed by atoms with van der Waals surface area (Å²) in [6.07, 6.45) is -11.1. The molecule has 0 spiro atoms. The average Bonchev–Trinajstić information content (AvgIpc) is 3.72. The fraction of sp³-hybridized carbons (Fsp3) is 0.406. The van der Waals surface area contributed by atoms with Gasteiger partial charge in [-0.15, -0.1) is 10.2 Å². The SMILES string of the molecule is CCOC(c1ccc(-c2nnc(C)s2)cc1)C(O[C@H]1O[C@H](C(=O)O)[C@@H](O)[C@H](O)[C@H]1O)c1ccc(-c2cc(OC)c(C)c(OC)c2)o1. The van der Waals surface area contributed by atoms with E-state index >= 15 is 0 Å². The van der Waals surface area contributed by atoms with Crippen LogP contribution in [0.1, 0.15) is 41.0 Å². The van der Waals surface area contributed by atoms with Crippen molar-refractivity contribution in [3.63, 3.8) is 0 Å². The topological polar surface area (TPSA) is 183 Å². The van der Waals surface area contributed by atoms with Crippen LogP contribution in [0, 0.1) is 13.8 Å². The summed E-state index contributed by atoms with van der Waals surface area (Å²) in [5.74, 6) is 0.323. The Morgan fingerprint density at radius 1 is 0.913 bits per heavy atom. The minimum Gasteiger partial charge on any atom is -0.496 e. The van der Waals surface area contributed by atoms with Gasteiger partial charge < -0.3 is 48.5 Å². The highest BCUT2D eigenvalue weighted by Gasteiger charge is 2.49. The van der Waals surface area contributed by atoms with Crippen LogP contribution in [0.25, 0.3) is 21.9 Å². The summed E-state index contributed by atoms with van der Waals surface area (Å²) in [5, 5.41) is 51.0. The zero-order chi connectivity index (χ0) is 33.1. The average molecular weight is 657 g/mol. The number of aromatic nitrogens is 2. The number of benzene rings is 2. The zero-order valence-electron chi connectivity index (χ0n) is 25.8. The second-order valence-electron chi connectivity index (χ2n) is 10.6. The van der Waals surface area contributed by atoms with Gasteiger partial charge >= 0.3 is 5.97 Å². The molecule has 46 heavy (non-hydrogen) atoms. The van der Waals surface area contributed by atoms with Crippen LogP contribution in [0.3, 0.4) is 0 Å². The first-order valence-electron chi connectivity index (χ1n) is 14.5. The summed E-state index contributed by atoms with van der Waals surface area (Å²) in [5.41, 5.74) is 2.96. The van der Waals surface area contributed by atoms with Gasteiger partial charge in [-0.3, -0.25) is 0 Å². The molecule has 5 rings (SSSR count). The highest BCUT2D eigenvalue weighted by molar-refractivity contribution is 7.14. The highest BCUT2D eigenvalue weighted by Crippen LogP contribution is 2.42. The van der Waals surface area contributed by atoms with Gasteiger partial charge in [-0.05, 0) is 50.6 Å². The third kappa shape index (κ3) is 6.78. The Morgan fingerprint density at radius 2 is 1.59 bits per heavy atom. The number of carbonyl (C=O) groups is 1. The quantitative estimate of drug-likeness (QED) is 0.173. The van der Waals surface area contributed by atoms with Crippen LogP contribution in [0.15, 0.2) is 52.9 Å². The highest BCUT2D eigenvalue weighted by atomic mass is 32.1. The summed E-state index contributed by atoms with van der Waals surface area (Å²) >= 11 is 1.45. The summed E-state index contributed by atoms with van der Waals surface area (Å²) < 4.78 is 35.3. The smallest absolute Gasteiger partial charge is 0.335 e. The monoisotopic (exact) mass is 656 g/mol. The number of hydrogen-bond donors (Lipinski definition) is 4. The van der Waals surface area contributed by atoms with Crippen molar-refractivity contribution < 1.29 is 53.3 Å². The Kier molecular flexibility index (Phi) is 10.4. The Labute approximate surface area is 268 Å². The predicted octanol–water partition coefficient (Wildman–Crippen LogP) is 3.83. The lowest BCUT2D eigenvalue weighted by atomic mass is 9.98. The predicted molar refractivity (Wildman–Crippen MR) is 165 cm³/mol. The molecular formula is C32H36N2O11S. The van der Waals surface area contributed by atoms with E-state index in [0.717, 1.165) is 21.1 Å². The number of carboxylic acids is 1. The number of aliphatic carboxylic acids is 1. The standard InChI is InChI=1S/C32H36N2O11S/c1-6-42-27(17-7-9-18(10-8-17)30-34-33-16(3)46-30)28(44-32-26(37)24(35)25(36)29(45-32)31(38)39)21-12-11-20(43-21)19-13-22(40-4)15(2)23(14-19)41-5/h7-14,24-29,32,35-37H,6H2,1-5H3,(H,38,39)/t24-,25-,26+,27?,28?,29-,32-/m0/s1. The summed E-state index contributed by atoms with van der Waals surface area (Å²) in [6, 6.07) is 14.4. The van der Waals surface area contributed by atoms with Gasteiger partial charge in [0.05, 0.1) is 14.2 Å². The minimum atomic E-state index is -1.88. The molecule has 1 fully saturated rings. The number of rotatable bonds is 12.